The molecule has 6 heteroatoms. The number of aryl methyl sites for hydroxylation is 1. The van der Waals surface area contributed by atoms with E-state index in [1.54, 1.807) is 0 Å². The van der Waals surface area contributed by atoms with Crippen LogP contribution >= 0.6 is 11.6 Å². The largest absolute Gasteiger partial charge is 0.368 e. The van der Waals surface area contributed by atoms with Crippen LogP contribution in [0.4, 0.5) is 11.4 Å². The predicted octanol–water partition coefficient (Wildman–Crippen LogP) is 4.80. The minimum atomic E-state index is -0.740. The highest BCUT2D eigenvalue weighted by atomic mass is 35.5. The number of rotatable bonds is 6. The van der Waals surface area contributed by atoms with E-state index >= 15 is 0 Å². The van der Waals surface area contributed by atoms with E-state index in [2.05, 4.69) is 16.3 Å². The molecular formula is C27H28ClN3O2. The van der Waals surface area contributed by atoms with Crippen molar-refractivity contribution < 1.29 is 9.59 Å². The fraction of sp³-hybridized carbons (Fsp3) is 0.259. The summed E-state index contributed by atoms with van der Waals surface area (Å²) in [6.07, 6.45) is 0.445. The van der Waals surface area contributed by atoms with Crippen LogP contribution in [0.3, 0.4) is 0 Å². The highest BCUT2D eigenvalue weighted by molar-refractivity contribution is 6.32. The molecule has 1 unspecified atom stereocenters. The van der Waals surface area contributed by atoms with E-state index in [4.69, 9.17) is 11.6 Å². The van der Waals surface area contributed by atoms with Gasteiger partial charge in [0.2, 0.25) is 11.8 Å². The van der Waals surface area contributed by atoms with Crippen molar-refractivity contribution in [3.8, 4) is 0 Å². The lowest BCUT2D eigenvalue weighted by molar-refractivity contribution is -0.130. The molecular weight excluding hydrogens is 434 g/mol. The third kappa shape index (κ3) is 5.93. The average molecular weight is 462 g/mol. The molecule has 0 saturated carbocycles. The van der Waals surface area contributed by atoms with Crippen LogP contribution in [0.1, 0.15) is 22.1 Å². The number of amides is 2. The zero-order valence-electron chi connectivity index (χ0n) is 18.7. The van der Waals surface area contributed by atoms with Gasteiger partial charge in [0.25, 0.3) is 0 Å². The maximum atomic E-state index is 12.7. The highest BCUT2D eigenvalue weighted by Crippen LogP contribution is 2.24. The van der Waals surface area contributed by atoms with Crippen LogP contribution < -0.4 is 10.2 Å². The molecule has 1 fully saturated rings. The second-order valence-electron chi connectivity index (χ2n) is 8.34. The standard InChI is InChI=1S/C27H28ClN3O2/c1-20-6-5-7-21(18-20)19-25(32)31-16-14-30(15-17-31)24-12-10-23(11-13-24)29-27(33)26(28)22-8-3-2-4-9-22/h2-13,18,26H,14-17,19H2,1H3,(H,29,33). The Kier molecular flexibility index (Phi) is 7.30. The summed E-state index contributed by atoms with van der Waals surface area (Å²) < 4.78 is 0. The van der Waals surface area contributed by atoms with Crippen LogP contribution in [0.25, 0.3) is 0 Å². The zero-order valence-corrected chi connectivity index (χ0v) is 19.5. The van der Waals surface area contributed by atoms with Gasteiger partial charge < -0.3 is 15.1 Å². The molecule has 1 aliphatic rings. The van der Waals surface area contributed by atoms with Crippen LogP contribution in [0.5, 0.6) is 0 Å². The first kappa shape index (κ1) is 22.9. The van der Waals surface area contributed by atoms with Gasteiger partial charge >= 0.3 is 0 Å². The van der Waals surface area contributed by atoms with Crippen LogP contribution in [-0.4, -0.2) is 42.9 Å². The summed E-state index contributed by atoms with van der Waals surface area (Å²) in [7, 11) is 0. The van der Waals surface area contributed by atoms with Crippen molar-refractivity contribution in [2.24, 2.45) is 0 Å². The van der Waals surface area contributed by atoms with Gasteiger partial charge in [0.15, 0.2) is 0 Å². The molecule has 5 nitrogen and oxygen atoms in total. The lowest BCUT2D eigenvalue weighted by Gasteiger charge is -2.36. The lowest BCUT2D eigenvalue weighted by Crippen LogP contribution is -2.49. The number of benzene rings is 3. The Labute approximate surface area is 200 Å². The van der Waals surface area contributed by atoms with Crippen LogP contribution in [0.2, 0.25) is 0 Å². The molecule has 1 N–H and O–H groups in total. The number of carbonyl (C=O) groups excluding carboxylic acids is 2. The molecule has 0 radical (unpaired) electrons. The van der Waals surface area contributed by atoms with Gasteiger partial charge in [-0.25, -0.2) is 0 Å². The molecule has 0 aliphatic carbocycles. The van der Waals surface area contributed by atoms with Gasteiger partial charge in [-0.1, -0.05) is 60.2 Å². The number of halogens is 1. The summed E-state index contributed by atoms with van der Waals surface area (Å²) in [6.45, 7) is 5.01. The van der Waals surface area contributed by atoms with Crippen molar-refractivity contribution in [1.82, 2.24) is 4.90 Å². The molecule has 3 aromatic carbocycles. The number of nitrogens with one attached hydrogen (secondary N) is 1. The number of hydrogen-bond acceptors (Lipinski definition) is 3. The van der Waals surface area contributed by atoms with Crippen molar-refractivity contribution in [2.75, 3.05) is 36.4 Å². The number of hydrogen-bond donors (Lipinski definition) is 1. The topological polar surface area (TPSA) is 52.7 Å². The second kappa shape index (κ2) is 10.5. The number of anilines is 2. The fourth-order valence-corrected chi connectivity index (χ4v) is 4.26. The molecule has 0 bridgehead atoms. The molecule has 170 valence electrons. The van der Waals surface area contributed by atoms with Crippen molar-refractivity contribution in [1.29, 1.82) is 0 Å². The van der Waals surface area contributed by atoms with Crippen LogP contribution in [0.15, 0.2) is 78.9 Å². The summed E-state index contributed by atoms with van der Waals surface area (Å²) in [5.41, 5.74) is 4.78. The van der Waals surface area contributed by atoms with E-state index < -0.39 is 5.38 Å². The fourth-order valence-electron chi connectivity index (χ4n) is 4.06. The molecule has 0 spiro atoms. The van der Waals surface area contributed by atoms with Crippen molar-refractivity contribution in [3.05, 3.63) is 95.6 Å². The van der Waals surface area contributed by atoms with E-state index in [9.17, 15) is 9.59 Å². The molecule has 1 heterocycles. The number of piperazine rings is 1. The molecule has 2 amide bonds. The minimum absolute atomic E-state index is 0.173. The average Bonchev–Trinajstić information content (AvgIpc) is 2.84. The van der Waals surface area contributed by atoms with E-state index in [-0.39, 0.29) is 11.8 Å². The SMILES string of the molecule is Cc1cccc(CC(=O)N2CCN(c3ccc(NC(=O)C(Cl)c4ccccc4)cc3)CC2)c1. The summed E-state index contributed by atoms with van der Waals surface area (Å²) in [5, 5.41) is 2.14. The molecule has 1 saturated heterocycles. The highest BCUT2D eigenvalue weighted by Gasteiger charge is 2.22. The smallest absolute Gasteiger partial charge is 0.246 e. The first-order valence-electron chi connectivity index (χ1n) is 11.2. The van der Waals surface area contributed by atoms with Crippen molar-refractivity contribution >= 4 is 34.8 Å². The molecule has 33 heavy (non-hydrogen) atoms. The molecule has 4 rings (SSSR count). The van der Waals surface area contributed by atoms with Crippen molar-refractivity contribution in [3.63, 3.8) is 0 Å². The Hall–Kier alpha value is -3.31. The summed E-state index contributed by atoms with van der Waals surface area (Å²) >= 11 is 6.31. The van der Waals surface area contributed by atoms with Crippen molar-refractivity contribution in [2.45, 2.75) is 18.7 Å². The summed E-state index contributed by atoms with van der Waals surface area (Å²) in [6, 6.07) is 25.2. The summed E-state index contributed by atoms with van der Waals surface area (Å²) in [5.74, 6) is -0.0799. The molecule has 1 atom stereocenters. The quantitative estimate of drug-likeness (QED) is 0.536. The predicted molar refractivity (Wildman–Crippen MR) is 134 cm³/mol. The summed E-state index contributed by atoms with van der Waals surface area (Å²) in [4.78, 5) is 29.3. The van der Waals surface area contributed by atoms with E-state index in [1.165, 1.54) is 5.56 Å². The molecule has 3 aromatic rings. The Bertz CT molecular complexity index is 1090. The molecule has 0 aromatic heterocycles. The number of nitrogens with zero attached hydrogens (tertiary/aromatic N) is 2. The minimum Gasteiger partial charge on any atom is -0.368 e. The second-order valence-corrected chi connectivity index (χ2v) is 8.78. The zero-order chi connectivity index (χ0) is 23.2. The van der Waals surface area contributed by atoms with Crippen LogP contribution in [-0.2, 0) is 16.0 Å². The first-order valence-corrected chi connectivity index (χ1v) is 11.6. The van der Waals surface area contributed by atoms with Gasteiger partial charge in [-0.3, -0.25) is 9.59 Å². The Balaban J connectivity index is 1.28. The number of alkyl halides is 1. The Morgan fingerprint density at radius 3 is 2.27 bits per heavy atom. The first-order chi connectivity index (χ1) is 16.0. The normalized spacial score (nSPS) is 14.6. The van der Waals surface area contributed by atoms with Gasteiger partial charge in [0.05, 0.1) is 6.42 Å². The van der Waals surface area contributed by atoms with Crippen LogP contribution in [0, 0.1) is 6.92 Å². The van der Waals surface area contributed by atoms with Gasteiger partial charge in [0.1, 0.15) is 5.38 Å². The van der Waals surface area contributed by atoms with Gasteiger partial charge in [0, 0.05) is 37.6 Å². The van der Waals surface area contributed by atoms with Gasteiger partial charge in [-0.05, 0) is 42.3 Å². The lowest BCUT2D eigenvalue weighted by atomic mass is 10.1. The number of carbonyl (C=O) groups is 2. The maximum absolute atomic E-state index is 12.7. The monoisotopic (exact) mass is 461 g/mol. The van der Waals surface area contributed by atoms with E-state index in [0.717, 1.165) is 29.9 Å². The van der Waals surface area contributed by atoms with Gasteiger partial charge in [-0.2, -0.15) is 0 Å². The Morgan fingerprint density at radius 1 is 0.909 bits per heavy atom. The third-order valence-corrected chi connectivity index (χ3v) is 6.34. The van der Waals surface area contributed by atoms with E-state index in [0.29, 0.717) is 25.2 Å². The Morgan fingerprint density at radius 2 is 1.61 bits per heavy atom. The maximum Gasteiger partial charge on any atom is 0.246 e. The third-order valence-electron chi connectivity index (χ3n) is 5.89. The van der Waals surface area contributed by atoms with Gasteiger partial charge in [-0.15, -0.1) is 11.6 Å². The molecule has 1 aliphatic heterocycles. The van der Waals surface area contributed by atoms with E-state index in [1.807, 2.05) is 84.6 Å².